The van der Waals surface area contributed by atoms with Crippen LogP contribution in [0.4, 0.5) is 0 Å². The third-order valence-corrected chi connectivity index (χ3v) is 5.41. The van der Waals surface area contributed by atoms with Crippen LogP contribution in [0.1, 0.15) is 52.3 Å². The van der Waals surface area contributed by atoms with E-state index in [1.165, 1.54) is 0 Å². The van der Waals surface area contributed by atoms with Gasteiger partial charge >= 0.3 is 0 Å². The number of hydrogen-bond donors (Lipinski definition) is 0. The molecule has 2 aliphatic rings. The number of nitrogens with zero attached hydrogens (tertiary/aromatic N) is 4. The highest BCUT2D eigenvalue weighted by Gasteiger charge is 2.37. The van der Waals surface area contributed by atoms with Crippen molar-refractivity contribution in [2.75, 3.05) is 39.5 Å². The van der Waals surface area contributed by atoms with Gasteiger partial charge in [0.15, 0.2) is 5.82 Å². The second-order valence-corrected chi connectivity index (χ2v) is 7.54. The van der Waals surface area contributed by atoms with Crippen LogP contribution >= 0.6 is 0 Å². The monoisotopic (exact) mass is 390 g/mol. The molecule has 4 heterocycles. The van der Waals surface area contributed by atoms with Crippen LogP contribution < -0.4 is 0 Å². The fourth-order valence-corrected chi connectivity index (χ4v) is 3.61. The van der Waals surface area contributed by atoms with Gasteiger partial charge in [0.2, 0.25) is 5.89 Å². The number of aryl methyl sites for hydroxylation is 2. The van der Waals surface area contributed by atoms with Crippen LogP contribution in [0.15, 0.2) is 9.05 Å². The summed E-state index contributed by atoms with van der Waals surface area (Å²) in [5.74, 6) is 2.39. The lowest BCUT2D eigenvalue weighted by Crippen LogP contribution is -2.48. The molecule has 0 unspecified atom stereocenters. The van der Waals surface area contributed by atoms with Crippen LogP contribution in [0.2, 0.25) is 0 Å². The zero-order chi connectivity index (χ0) is 19.5. The molecule has 0 aromatic carbocycles. The number of amides is 1. The van der Waals surface area contributed by atoms with E-state index >= 15 is 0 Å². The Morgan fingerprint density at radius 3 is 2.68 bits per heavy atom. The molecule has 0 N–H and O–H groups in total. The Bertz CT molecular complexity index is 786. The molecule has 9 heteroatoms. The van der Waals surface area contributed by atoms with Crippen molar-refractivity contribution in [1.29, 1.82) is 0 Å². The molecule has 2 fully saturated rings. The van der Waals surface area contributed by atoms with Crippen LogP contribution in [-0.4, -0.2) is 65.6 Å². The first-order valence-corrected chi connectivity index (χ1v) is 9.82. The van der Waals surface area contributed by atoms with Crippen LogP contribution in [-0.2, 0) is 15.9 Å². The molecule has 2 saturated heterocycles. The number of aromatic nitrogens is 3. The fraction of sp³-hybridized carbons (Fsp3) is 0.684. The number of carbonyl (C=O) groups excluding carboxylic acids is 1. The molecule has 9 nitrogen and oxygen atoms in total. The summed E-state index contributed by atoms with van der Waals surface area (Å²) in [6.45, 7) is 7.65. The average molecular weight is 390 g/mol. The van der Waals surface area contributed by atoms with Crippen LogP contribution in [0.3, 0.4) is 0 Å². The molecular formula is C19H26N4O5. The van der Waals surface area contributed by atoms with Gasteiger partial charge in [-0.2, -0.15) is 4.98 Å². The van der Waals surface area contributed by atoms with Crippen molar-refractivity contribution in [3.05, 3.63) is 28.7 Å². The standard InChI is InChI=1S/C19H26N4O5/c1-12-17(13(2)27-21-12)19(24)23-9-15(10-23)18-20-16(22-28-18)5-8-26-11-14-3-6-25-7-4-14/h14-15H,3-11H2,1-2H3. The molecule has 28 heavy (non-hydrogen) atoms. The minimum absolute atomic E-state index is 0.0613. The van der Waals surface area contributed by atoms with E-state index in [2.05, 4.69) is 15.3 Å². The number of rotatable bonds is 7. The maximum Gasteiger partial charge on any atom is 0.259 e. The first-order chi connectivity index (χ1) is 13.6. The largest absolute Gasteiger partial charge is 0.381 e. The quantitative estimate of drug-likeness (QED) is 0.660. The summed E-state index contributed by atoms with van der Waals surface area (Å²) in [5, 5.41) is 7.88. The van der Waals surface area contributed by atoms with E-state index < -0.39 is 0 Å². The zero-order valence-corrected chi connectivity index (χ0v) is 16.3. The molecule has 0 saturated carbocycles. The topological polar surface area (TPSA) is 104 Å². The van der Waals surface area contributed by atoms with Gasteiger partial charge in [0, 0.05) is 39.3 Å². The SMILES string of the molecule is Cc1noc(C)c1C(=O)N1CC(c2nc(CCOCC3CCOCC3)no2)C1. The van der Waals surface area contributed by atoms with E-state index in [4.69, 9.17) is 18.5 Å². The minimum atomic E-state index is -0.0613. The number of ether oxygens (including phenoxy) is 2. The molecule has 152 valence electrons. The maximum atomic E-state index is 12.6. The van der Waals surface area contributed by atoms with Crippen molar-refractivity contribution in [2.24, 2.45) is 5.92 Å². The fourth-order valence-electron chi connectivity index (χ4n) is 3.61. The normalized spacial score (nSPS) is 18.4. The molecule has 0 bridgehead atoms. The first-order valence-electron chi connectivity index (χ1n) is 9.82. The zero-order valence-electron chi connectivity index (χ0n) is 16.3. The molecule has 1 amide bonds. The summed E-state index contributed by atoms with van der Waals surface area (Å²) >= 11 is 0. The number of likely N-dealkylation sites (tertiary alicyclic amines) is 1. The third-order valence-electron chi connectivity index (χ3n) is 5.41. The van der Waals surface area contributed by atoms with E-state index in [0.29, 0.717) is 60.8 Å². The first kappa shape index (κ1) is 19.1. The van der Waals surface area contributed by atoms with Gasteiger partial charge in [-0.05, 0) is 32.6 Å². The van der Waals surface area contributed by atoms with Crippen molar-refractivity contribution >= 4 is 5.91 Å². The predicted octanol–water partition coefficient (Wildman–Crippen LogP) is 1.90. The Morgan fingerprint density at radius 2 is 1.96 bits per heavy atom. The van der Waals surface area contributed by atoms with Crippen molar-refractivity contribution in [3.63, 3.8) is 0 Å². The smallest absolute Gasteiger partial charge is 0.259 e. The van der Waals surface area contributed by atoms with Crippen molar-refractivity contribution in [1.82, 2.24) is 20.2 Å². The molecule has 0 radical (unpaired) electrons. The maximum absolute atomic E-state index is 12.6. The van der Waals surface area contributed by atoms with Gasteiger partial charge in [-0.25, -0.2) is 0 Å². The third kappa shape index (κ3) is 4.10. The highest BCUT2D eigenvalue weighted by Crippen LogP contribution is 2.28. The summed E-state index contributed by atoms with van der Waals surface area (Å²) in [7, 11) is 0. The van der Waals surface area contributed by atoms with Crippen molar-refractivity contribution < 1.29 is 23.3 Å². The highest BCUT2D eigenvalue weighted by atomic mass is 16.5. The van der Waals surface area contributed by atoms with E-state index in [9.17, 15) is 4.79 Å². The summed E-state index contributed by atoms with van der Waals surface area (Å²) in [6, 6.07) is 0. The second-order valence-electron chi connectivity index (χ2n) is 7.54. The van der Waals surface area contributed by atoms with E-state index in [1.54, 1.807) is 18.7 Å². The summed E-state index contributed by atoms with van der Waals surface area (Å²) in [6.07, 6.45) is 2.76. The predicted molar refractivity (Wildman–Crippen MR) is 97.0 cm³/mol. The van der Waals surface area contributed by atoms with Gasteiger partial charge in [0.25, 0.3) is 5.91 Å². The number of carbonyl (C=O) groups is 1. The molecule has 0 spiro atoms. The molecule has 2 aromatic rings. The van der Waals surface area contributed by atoms with Crippen LogP contribution in [0, 0.1) is 19.8 Å². The molecule has 4 rings (SSSR count). The molecule has 2 aliphatic heterocycles. The van der Waals surface area contributed by atoms with Gasteiger partial charge < -0.3 is 23.4 Å². The van der Waals surface area contributed by atoms with Gasteiger partial charge in [0.05, 0.1) is 18.2 Å². The van der Waals surface area contributed by atoms with E-state index in [1.807, 2.05) is 0 Å². The van der Waals surface area contributed by atoms with Gasteiger partial charge in [-0.1, -0.05) is 10.3 Å². The van der Waals surface area contributed by atoms with E-state index in [0.717, 1.165) is 32.7 Å². The minimum Gasteiger partial charge on any atom is -0.381 e. The van der Waals surface area contributed by atoms with Crippen LogP contribution in [0.25, 0.3) is 0 Å². The van der Waals surface area contributed by atoms with Gasteiger partial charge in [-0.3, -0.25) is 4.79 Å². The average Bonchev–Trinajstić information content (AvgIpc) is 3.25. The van der Waals surface area contributed by atoms with E-state index in [-0.39, 0.29) is 11.8 Å². The van der Waals surface area contributed by atoms with Gasteiger partial charge in [-0.15, -0.1) is 0 Å². The lowest BCUT2D eigenvalue weighted by molar-refractivity contribution is 0.0211. The summed E-state index contributed by atoms with van der Waals surface area (Å²) in [4.78, 5) is 18.8. The lowest BCUT2D eigenvalue weighted by atomic mass is 9.98. The Morgan fingerprint density at radius 1 is 1.18 bits per heavy atom. The molecular weight excluding hydrogens is 364 g/mol. The molecule has 0 atom stereocenters. The number of hydrogen-bond acceptors (Lipinski definition) is 8. The Kier molecular flexibility index (Phi) is 5.72. The summed E-state index contributed by atoms with van der Waals surface area (Å²) < 4.78 is 21.6. The van der Waals surface area contributed by atoms with Crippen molar-refractivity contribution in [2.45, 2.75) is 39.0 Å². The molecule has 0 aliphatic carbocycles. The second kappa shape index (κ2) is 8.40. The Hall–Kier alpha value is -2.26. The van der Waals surface area contributed by atoms with Crippen molar-refractivity contribution in [3.8, 4) is 0 Å². The highest BCUT2D eigenvalue weighted by molar-refractivity contribution is 5.96. The summed E-state index contributed by atoms with van der Waals surface area (Å²) in [5.41, 5.74) is 1.16. The Labute approximate surface area is 163 Å². The Balaban J connectivity index is 1.21. The van der Waals surface area contributed by atoms with Gasteiger partial charge in [0.1, 0.15) is 11.3 Å². The van der Waals surface area contributed by atoms with Crippen LogP contribution in [0.5, 0.6) is 0 Å². The molecule has 2 aromatic heterocycles. The lowest BCUT2D eigenvalue weighted by Gasteiger charge is -2.36.